The number of piperidine rings is 1. The van der Waals surface area contributed by atoms with E-state index < -0.39 is 0 Å². The molecule has 1 unspecified atom stereocenters. The van der Waals surface area contributed by atoms with Crippen molar-refractivity contribution >= 4 is 17.5 Å². The second kappa shape index (κ2) is 7.97. The van der Waals surface area contributed by atoms with E-state index in [1.165, 1.54) is 0 Å². The number of nitrogens with zero attached hydrogens (tertiary/aromatic N) is 1. The second-order valence-electron chi connectivity index (χ2n) is 6.46. The number of primary amides is 1. The normalized spacial score (nSPS) is 20.8. The van der Waals surface area contributed by atoms with Crippen molar-refractivity contribution in [2.45, 2.75) is 19.4 Å². The first-order valence-electron chi connectivity index (χ1n) is 8.11. The SMILES string of the molecule is CN(C)c1ccc(CNC(=O)C[NH+]2CCC[C@@H](C(N)=O)C2)cc1. The van der Waals surface area contributed by atoms with Crippen LogP contribution in [0.15, 0.2) is 24.3 Å². The highest BCUT2D eigenvalue weighted by Crippen LogP contribution is 2.11. The van der Waals surface area contributed by atoms with Gasteiger partial charge < -0.3 is 20.9 Å². The van der Waals surface area contributed by atoms with Crippen molar-refractivity contribution < 1.29 is 14.5 Å². The van der Waals surface area contributed by atoms with E-state index in [0.29, 0.717) is 19.6 Å². The van der Waals surface area contributed by atoms with Gasteiger partial charge in [-0.1, -0.05) is 12.1 Å². The predicted octanol–water partition coefficient (Wildman–Crippen LogP) is -0.851. The fourth-order valence-electron chi connectivity index (χ4n) is 2.96. The van der Waals surface area contributed by atoms with Gasteiger partial charge in [0.05, 0.1) is 19.0 Å². The summed E-state index contributed by atoms with van der Waals surface area (Å²) in [6.45, 7) is 2.52. The predicted molar refractivity (Wildman–Crippen MR) is 90.1 cm³/mol. The number of hydrogen-bond acceptors (Lipinski definition) is 3. The van der Waals surface area contributed by atoms with Crippen LogP contribution in [-0.2, 0) is 16.1 Å². The molecule has 1 heterocycles. The Morgan fingerprint density at radius 3 is 2.61 bits per heavy atom. The van der Waals surface area contributed by atoms with E-state index >= 15 is 0 Å². The molecule has 6 heteroatoms. The van der Waals surface area contributed by atoms with Crippen molar-refractivity contribution in [2.75, 3.05) is 38.6 Å². The van der Waals surface area contributed by atoms with Gasteiger partial charge in [-0.05, 0) is 30.5 Å². The number of quaternary nitrogens is 1. The average molecular weight is 319 g/mol. The van der Waals surface area contributed by atoms with E-state index in [-0.39, 0.29) is 17.7 Å². The number of rotatable bonds is 6. The quantitative estimate of drug-likeness (QED) is 0.639. The molecule has 1 aromatic carbocycles. The molecule has 0 aromatic heterocycles. The fourth-order valence-corrected chi connectivity index (χ4v) is 2.96. The molecule has 23 heavy (non-hydrogen) atoms. The summed E-state index contributed by atoms with van der Waals surface area (Å²) >= 11 is 0. The highest BCUT2D eigenvalue weighted by Gasteiger charge is 2.28. The van der Waals surface area contributed by atoms with Crippen LogP contribution in [0.4, 0.5) is 5.69 Å². The number of hydrogen-bond donors (Lipinski definition) is 3. The molecule has 1 aromatic rings. The maximum absolute atomic E-state index is 12.1. The Balaban J connectivity index is 1.77. The van der Waals surface area contributed by atoms with E-state index in [9.17, 15) is 9.59 Å². The molecule has 1 fully saturated rings. The summed E-state index contributed by atoms with van der Waals surface area (Å²) in [5.74, 6) is -0.324. The Kier molecular flexibility index (Phi) is 5.98. The van der Waals surface area contributed by atoms with Gasteiger partial charge in [-0.3, -0.25) is 9.59 Å². The van der Waals surface area contributed by atoms with Crippen LogP contribution in [0.2, 0.25) is 0 Å². The molecule has 126 valence electrons. The molecule has 0 aliphatic carbocycles. The number of likely N-dealkylation sites (tertiary alicyclic amines) is 1. The van der Waals surface area contributed by atoms with Crippen LogP contribution in [-0.4, -0.2) is 45.5 Å². The lowest BCUT2D eigenvalue weighted by Gasteiger charge is -2.27. The van der Waals surface area contributed by atoms with Gasteiger partial charge in [-0.25, -0.2) is 0 Å². The monoisotopic (exact) mass is 319 g/mol. The fraction of sp³-hybridized carbons (Fsp3) is 0.529. The summed E-state index contributed by atoms with van der Waals surface area (Å²) < 4.78 is 0. The van der Waals surface area contributed by atoms with Gasteiger partial charge in [0.2, 0.25) is 5.91 Å². The third-order valence-electron chi connectivity index (χ3n) is 4.37. The van der Waals surface area contributed by atoms with Crippen molar-refractivity contribution in [3.05, 3.63) is 29.8 Å². The van der Waals surface area contributed by atoms with E-state index in [0.717, 1.165) is 35.5 Å². The second-order valence-corrected chi connectivity index (χ2v) is 6.46. The number of nitrogens with one attached hydrogen (secondary N) is 2. The Bertz CT molecular complexity index is 542. The lowest BCUT2D eigenvalue weighted by Crippen LogP contribution is -3.14. The van der Waals surface area contributed by atoms with Crippen molar-refractivity contribution in [1.29, 1.82) is 0 Å². The molecule has 0 saturated carbocycles. The van der Waals surface area contributed by atoms with Crippen LogP contribution < -0.4 is 20.9 Å². The van der Waals surface area contributed by atoms with Crippen LogP contribution in [0.1, 0.15) is 18.4 Å². The third-order valence-corrected chi connectivity index (χ3v) is 4.37. The summed E-state index contributed by atoms with van der Waals surface area (Å²) in [5.41, 5.74) is 7.58. The minimum absolute atomic E-state index is 0.0156. The molecule has 2 atom stereocenters. The molecule has 2 rings (SSSR count). The first-order chi connectivity index (χ1) is 11.0. The summed E-state index contributed by atoms with van der Waals surface area (Å²) in [4.78, 5) is 26.5. The zero-order valence-corrected chi connectivity index (χ0v) is 14.0. The average Bonchev–Trinajstić information content (AvgIpc) is 2.53. The maximum Gasteiger partial charge on any atom is 0.275 e. The molecule has 0 radical (unpaired) electrons. The van der Waals surface area contributed by atoms with Gasteiger partial charge in [-0.15, -0.1) is 0 Å². The third kappa shape index (κ3) is 5.25. The van der Waals surface area contributed by atoms with Gasteiger partial charge in [0.15, 0.2) is 6.54 Å². The van der Waals surface area contributed by atoms with Crippen molar-refractivity contribution in [3.63, 3.8) is 0 Å². The Morgan fingerprint density at radius 1 is 1.30 bits per heavy atom. The Morgan fingerprint density at radius 2 is 2.00 bits per heavy atom. The molecule has 1 aliphatic heterocycles. The number of carbonyl (C=O) groups excluding carboxylic acids is 2. The molecular formula is C17H27N4O2+. The Hall–Kier alpha value is -2.08. The van der Waals surface area contributed by atoms with Gasteiger partial charge in [0.1, 0.15) is 0 Å². The first kappa shape index (κ1) is 17.3. The topological polar surface area (TPSA) is 79.9 Å². The summed E-state index contributed by atoms with van der Waals surface area (Å²) in [6.07, 6.45) is 1.79. The molecule has 6 nitrogen and oxygen atoms in total. The number of nitrogens with two attached hydrogens (primary N) is 1. The number of carbonyl (C=O) groups is 2. The van der Waals surface area contributed by atoms with Crippen molar-refractivity contribution in [1.82, 2.24) is 5.32 Å². The lowest BCUT2D eigenvalue weighted by atomic mass is 9.97. The number of amides is 2. The van der Waals surface area contributed by atoms with E-state index in [2.05, 4.69) is 5.32 Å². The first-order valence-corrected chi connectivity index (χ1v) is 8.11. The largest absolute Gasteiger partial charge is 0.378 e. The maximum atomic E-state index is 12.1. The van der Waals surface area contributed by atoms with Gasteiger partial charge in [-0.2, -0.15) is 0 Å². The van der Waals surface area contributed by atoms with Crippen LogP contribution in [0.5, 0.6) is 0 Å². The Labute approximate surface area is 137 Å². The lowest BCUT2D eigenvalue weighted by molar-refractivity contribution is -0.899. The summed E-state index contributed by atoms with van der Waals surface area (Å²) in [6, 6.07) is 8.11. The standard InChI is InChI=1S/C17H26N4O2/c1-20(2)15-7-5-13(6-8-15)10-19-16(22)12-21-9-3-4-14(11-21)17(18)23/h5-8,14H,3-4,9-12H2,1-2H3,(H2,18,23)(H,19,22)/p+1/t14-/m1/s1. The zero-order valence-electron chi connectivity index (χ0n) is 14.0. The molecule has 0 spiro atoms. The molecule has 0 bridgehead atoms. The highest BCUT2D eigenvalue weighted by molar-refractivity contribution is 5.77. The number of anilines is 1. The number of benzene rings is 1. The zero-order chi connectivity index (χ0) is 16.8. The minimum atomic E-state index is -0.247. The van der Waals surface area contributed by atoms with Gasteiger partial charge in [0.25, 0.3) is 5.91 Å². The van der Waals surface area contributed by atoms with Crippen LogP contribution in [0, 0.1) is 5.92 Å². The highest BCUT2D eigenvalue weighted by atomic mass is 16.2. The van der Waals surface area contributed by atoms with E-state index in [1.54, 1.807) is 0 Å². The van der Waals surface area contributed by atoms with E-state index in [4.69, 9.17) is 5.73 Å². The molecule has 4 N–H and O–H groups in total. The molecule has 1 aliphatic rings. The van der Waals surface area contributed by atoms with Crippen molar-refractivity contribution in [3.8, 4) is 0 Å². The minimum Gasteiger partial charge on any atom is -0.378 e. The molecule has 1 saturated heterocycles. The van der Waals surface area contributed by atoms with Crippen LogP contribution in [0.25, 0.3) is 0 Å². The van der Waals surface area contributed by atoms with Gasteiger partial charge >= 0.3 is 0 Å². The van der Waals surface area contributed by atoms with E-state index in [1.807, 2.05) is 43.3 Å². The summed E-state index contributed by atoms with van der Waals surface area (Å²) in [5, 5.41) is 2.95. The molecule has 2 amide bonds. The van der Waals surface area contributed by atoms with Gasteiger partial charge in [0, 0.05) is 26.3 Å². The van der Waals surface area contributed by atoms with Crippen LogP contribution in [0.3, 0.4) is 0 Å². The van der Waals surface area contributed by atoms with Crippen molar-refractivity contribution in [2.24, 2.45) is 11.7 Å². The summed E-state index contributed by atoms with van der Waals surface area (Å²) in [7, 11) is 4.00. The van der Waals surface area contributed by atoms with Crippen LogP contribution >= 0.6 is 0 Å². The molecular weight excluding hydrogens is 292 g/mol. The smallest absolute Gasteiger partial charge is 0.275 e.